The predicted molar refractivity (Wildman–Crippen MR) is 124 cm³/mol. The summed E-state index contributed by atoms with van der Waals surface area (Å²) in [5.74, 6) is 0.923. The number of imidazole rings is 1. The van der Waals surface area contributed by atoms with E-state index in [1.165, 1.54) is 44.1 Å². The topological polar surface area (TPSA) is 40.7 Å². The van der Waals surface area contributed by atoms with E-state index in [0.717, 1.165) is 46.2 Å². The third kappa shape index (κ3) is 5.64. The maximum atomic E-state index is 6.54. The normalized spacial score (nSPS) is 14.5. The molecule has 4 rings (SSSR count). The van der Waals surface area contributed by atoms with Crippen molar-refractivity contribution in [3.8, 4) is 11.1 Å². The Bertz CT molecular complexity index is 872. The number of fused-ring (bicyclic) bond motifs is 1. The molecule has 2 N–H and O–H groups in total. The van der Waals surface area contributed by atoms with Crippen molar-refractivity contribution >= 4 is 47.4 Å². The van der Waals surface area contributed by atoms with E-state index in [1.54, 1.807) is 6.33 Å². The van der Waals surface area contributed by atoms with Gasteiger partial charge in [-0.05, 0) is 53.8 Å². The SMILES string of the molecule is Cl.Cl.Clc1cc(-c2ccc3nc[nH]c3c2)ccc1CNCCC1CCCCC1. The Hall–Kier alpha value is -1.26. The number of nitrogens with one attached hydrogen (secondary N) is 2. The second-order valence-electron chi connectivity index (χ2n) is 7.41. The van der Waals surface area contributed by atoms with Crippen LogP contribution in [0.1, 0.15) is 44.1 Å². The van der Waals surface area contributed by atoms with E-state index in [2.05, 4.69) is 45.6 Å². The fourth-order valence-corrected chi connectivity index (χ4v) is 4.24. The molecule has 0 bridgehead atoms. The number of benzene rings is 2. The largest absolute Gasteiger partial charge is 0.345 e. The Morgan fingerprint density at radius 3 is 2.54 bits per heavy atom. The minimum absolute atomic E-state index is 0. The van der Waals surface area contributed by atoms with Crippen LogP contribution in [0.2, 0.25) is 5.02 Å². The van der Waals surface area contributed by atoms with Crippen LogP contribution in [0.25, 0.3) is 22.2 Å². The van der Waals surface area contributed by atoms with E-state index in [-0.39, 0.29) is 24.8 Å². The number of hydrogen-bond acceptors (Lipinski definition) is 2. The lowest BCUT2D eigenvalue weighted by Gasteiger charge is -2.21. The van der Waals surface area contributed by atoms with Crippen LogP contribution in [0.15, 0.2) is 42.7 Å². The Labute approximate surface area is 184 Å². The predicted octanol–water partition coefficient (Wildman–Crippen LogP) is 6.79. The molecule has 0 amide bonds. The third-order valence-corrected chi connectivity index (χ3v) is 5.93. The Morgan fingerprint density at radius 1 is 1.00 bits per heavy atom. The molecule has 1 saturated carbocycles. The van der Waals surface area contributed by atoms with Gasteiger partial charge in [0.15, 0.2) is 0 Å². The molecule has 0 radical (unpaired) electrons. The smallest absolute Gasteiger partial charge is 0.0931 e. The van der Waals surface area contributed by atoms with Crippen LogP contribution in [-0.4, -0.2) is 16.5 Å². The molecule has 0 spiro atoms. The zero-order valence-electron chi connectivity index (χ0n) is 15.9. The van der Waals surface area contributed by atoms with E-state index < -0.39 is 0 Å². The summed E-state index contributed by atoms with van der Waals surface area (Å²) >= 11 is 6.54. The highest BCUT2D eigenvalue weighted by Gasteiger charge is 2.12. The molecule has 2 aromatic carbocycles. The lowest BCUT2D eigenvalue weighted by molar-refractivity contribution is 0.334. The first-order valence-electron chi connectivity index (χ1n) is 9.72. The number of halogens is 3. The molecular weight excluding hydrogens is 413 g/mol. The van der Waals surface area contributed by atoms with Gasteiger partial charge < -0.3 is 10.3 Å². The fraction of sp³-hybridized carbons (Fsp3) is 0.409. The number of aromatic nitrogens is 2. The number of aromatic amines is 1. The van der Waals surface area contributed by atoms with Gasteiger partial charge in [-0.2, -0.15) is 0 Å². The summed E-state index contributed by atoms with van der Waals surface area (Å²) in [4.78, 5) is 7.43. The summed E-state index contributed by atoms with van der Waals surface area (Å²) in [6.07, 6.45) is 10.1. The first-order chi connectivity index (χ1) is 12.8. The molecule has 0 aliphatic heterocycles. The number of rotatable bonds is 6. The fourth-order valence-electron chi connectivity index (χ4n) is 3.99. The molecule has 152 valence electrons. The van der Waals surface area contributed by atoms with Crippen LogP contribution in [-0.2, 0) is 6.54 Å². The number of hydrogen-bond donors (Lipinski definition) is 2. The first kappa shape index (κ1) is 23.0. The Morgan fingerprint density at radius 2 is 1.75 bits per heavy atom. The van der Waals surface area contributed by atoms with Crippen LogP contribution in [0.5, 0.6) is 0 Å². The van der Waals surface area contributed by atoms with Crippen molar-refractivity contribution in [1.29, 1.82) is 0 Å². The Balaban J connectivity index is 0.00000140. The van der Waals surface area contributed by atoms with Gasteiger partial charge in [0.25, 0.3) is 0 Å². The third-order valence-electron chi connectivity index (χ3n) is 5.58. The van der Waals surface area contributed by atoms with E-state index in [0.29, 0.717) is 0 Å². The summed E-state index contributed by atoms with van der Waals surface area (Å²) in [5, 5.41) is 4.40. The maximum Gasteiger partial charge on any atom is 0.0931 e. The van der Waals surface area contributed by atoms with Crippen LogP contribution in [0.4, 0.5) is 0 Å². The van der Waals surface area contributed by atoms with E-state index in [4.69, 9.17) is 11.6 Å². The summed E-state index contributed by atoms with van der Waals surface area (Å²) in [5.41, 5.74) is 5.49. The molecule has 3 nitrogen and oxygen atoms in total. The minimum Gasteiger partial charge on any atom is -0.345 e. The van der Waals surface area contributed by atoms with E-state index >= 15 is 0 Å². The zero-order valence-corrected chi connectivity index (χ0v) is 18.3. The molecule has 6 heteroatoms. The summed E-state index contributed by atoms with van der Waals surface area (Å²) < 4.78 is 0. The average molecular weight is 441 g/mol. The minimum atomic E-state index is 0. The number of H-pyrrole nitrogens is 1. The molecule has 28 heavy (non-hydrogen) atoms. The van der Waals surface area contributed by atoms with Gasteiger partial charge in [0.1, 0.15) is 0 Å². The van der Waals surface area contributed by atoms with Crippen molar-refractivity contribution in [2.45, 2.75) is 45.1 Å². The van der Waals surface area contributed by atoms with Crippen LogP contribution >= 0.6 is 36.4 Å². The van der Waals surface area contributed by atoms with Crippen molar-refractivity contribution in [2.24, 2.45) is 5.92 Å². The first-order valence-corrected chi connectivity index (χ1v) is 10.1. The lowest BCUT2D eigenvalue weighted by Crippen LogP contribution is -2.19. The Kier molecular flexibility index (Phi) is 9.10. The molecule has 1 heterocycles. The molecule has 1 fully saturated rings. The second-order valence-corrected chi connectivity index (χ2v) is 7.82. The molecule has 1 aromatic heterocycles. The van der Waals surface area contributed by atoms with Gasteiger partial charge in [-0.15, -0.1) is 24.8 Å². The lowest BCUT2D eigenvalue weighted by atomic mass is 9.87. The maximum absolute atomic E-state index is 6.54. The van der Waals surface area contributed by atoms with Gasteiger partial charge in [-0.3, -0.25) is 0 Å². The second kappa shape index (κ2) is 11.1. The van der Waals surface area contributed by atoms with E-state index in [9.17, 15) is 0 Å². The summed E-state index contributed by atoms with van der Waals surface area (Å²) in [6, 6.07) is 12.6. The van der Waals surface area contributed by atoms with Crippen LogP contribution in [0, 0.1) is 5.92 Å². The zero-order chi connectivity index (χ0) is 17.8. The highest BCUT2D eigenvalue weighted by molar-refractivity contribution is 6.31. The molecule has 1 aliphatic carbocycles. The van der Waals surface area contributed by atoms with Crippen molar-refractivity contribution < 1.29 is 0 Å². The van der Waals surface area contributed by atoms with Crippen molar-refractivity contribution in [1.82, 2.24) is 15.3 Å². The molecule has 3 aromatic rings. The highest BCUT2D eigenvalue weighted by atomic mass is 35.5. The average Bonchev–Trinajstić information content (AvgIpc) is 3.15. The van der Waals surface area contributed by atoms with Crippen LogP contribution < -0.4 is 5.32 Å². The molecular formula is C22H28Cl3N3. The molecule has 0 atom stereocenters. The van der Waals surface area contributed by atoms with Gasteiger partial charge in [-0.25, -0.2) is 4.98 Å². The van der Waals surface area contributed by atoms with Crippen molar-refractivity contribution in [3.05, 3.63) is 53.3 Å². The van der Waals surface area contributed by atoms with Gasteiger partial charge in [0, 0.05) is 11.6 Å². The van der Waals surface area contributed by atoms with Crippen molar-refractivity contribution in [3.63, 3.8) is 0 Å². The van der Waals surface area contributed by atoms with Gasteiger partial charge >= 0.3 is 0 Å². The van der Waals surface area contributed by atoms with Gasteiger partial charge in [0.05, 0.1) is 17.4 Å². The van der Waals surface area contributed by atoms with E-state index in [1.807, 2.05) is 6.07 Å². The standard InChI is InChI=1S/C22H26ClN3.2ClH/c23-20-12-17(18-8-9-21-22(13-18)26-15-25-21)6-7-19(20)14-24-11-10-16-4-2-1-3-5-16;;/h6-9,12-13,15-16,24H,1-5,10-11,14H2,(H,25,26);2*1H. The van der Waals surface area contributed by atoms with Crippen molar-refractivity contribution in [2.75, 3.05) is 6.54 Å². The number of nitrogens with zero attached hydrogens (tertiary/aromatic N) is 1. The molecule has 1 aliphatic rings. The quantitative estimate of drug-likeness (QED) is 0.414. The monoisotopic (exact) mass is 439 g/mol. The van der Waals surface area contributed by atoms with Crippen LogP contribution in [0.3, 0.4) is 0 Å². The molecule has 0 unspecified atom stereocenters. The van der Waals surface area contributed by atoms with Gasteiger partial charge in [-0.1, -0.05) is 61.9 Å². The molecule has 0 saturated heterocycles. The highest BCUT2D eigenvalue weighted by Crippen LogP contribution is 2.28. The summed E-state index contributed by atoms with van der Waals surface area (Å²) in [6.45, 7) is 1.92. The van der Waals surface area contributed by atoms with Gasteiger partial charge in [0.2, 0.25) is 0 Å². The summed E-state index contributed by atoms with van der Waals surface area (Å²) in [7, 11) is 0.